The van der Waals surface area contributed by atoms with Gasteiger partial charge in [0.15, 0.2) is 0 Å². The van der Waals surface area contributed by atoms with E-state index in [-0.39, 0.29) is 17.1 Å². The first-order valence-electron chi connectivity index (χ1n) is 5.22. The molecule has 0 aromatic heterocycles. The first-order valence-corrected chi connectivity index (χ1v) is 5.22. The number of hydrogen-bond donors (Lipinski definition) is 2. The van der Waals surface area contributed by atoms with Crippen LogP contribution in [0, 0.1) is 16.7 Å². The molecule has 1 aliphatic carbocycles. The Bertz CT molecular complexity index is 236. The van der Waals surface area contributed by atoms with E-state index in [1.54, 1.807) is 6.92 Å². The Hall–Kier alpha value is -0.590. The molecule has 0 saturated heterocycles. The fraction of sp³-hybridized carbons (Fsp3) is 0.909. The van der Waals surface area contributed by atoms with E-state index in [9.17, 15) is 5.11 Å². The molecule has 1 aliphatic rings. The fourth-order valence-corrected chi connectivity index (χ4v) is 1.32. The predicted octanol–water partition coefficient (Wildman–Crippen LogP) is 1.43. The summed E-state index contributed by atoms with van der Waals surface area (Å²) >= 11 is 0. The zero-order valence-electron chi connectivity index (χ0n) is 9.30. The van der Waals surface area contributed by atoms with Gasteiger partial charge in [-0.05, 0) is 39.0 Å². The number of nitrogens with zero attached hydrogens (tertiary/aromatic N) is 1. The van der Waals surface area contributed by atoms with E-state index >= 15 is 0 Å². The van der Waals surface area contributed by atoms with Gasteiger partial charge in [0.05, 0.1) is 12.2 Å². The van der Waals surface area contributed by atoms with E-state index in [2.05, 4.69) is 11.4 Å². The number of aliphatic hydroxyl groups excluding tert-OH is 1. The van der Waals surface area contributed by atoms with Crippen molar-refractivity contribution in [2.45, 2.75) is 51.7 Å². The molecule has 0 spiro atoms. The lowest BCUT2D eigenvalue weighted by Gasteiger charge is -2.31. The van der Waals surface area contributed by atoms with Crippen LogP contribution in [0.25, 0.3) is 0 Å². The molecule has 80 valence electrons. The molecule has 1 saturated carbocycles. The summed E-state index contributed by atoms with van der Waals surface area (Å²) in [4.78, 5) is 0. The number of aliphatic hydroxyl groups is 1. The fourth-order valence-electron chi connectivity index (χ4n) is 1.32. The minimum absolute atomic E-state index is 0.209. The van der Waals surface area contributed by atoms with Gasteiger partial charge in [-0.3, -0.25) is 0 Å². The summed E-state index contributed by atoms with van der Waals surface area (Å²) in [7, 11) is 0. The summed E-state index contributed by atoms with van der Waals surface area (Å²) in [6.07, 6.45) is 2.54. The molecule has 1 unspecified atom stereocenters. The Kier molecular flexibility index (Phi) is 3.18. The van der Waals surface area contributed by atoms with Crippen LogP contribution >= 0.6 is 0 Å². The molecule has 0 aliphatic heterocycles. The zero-order valence-corrected chi connectivity index (χ0v) is 9.30. The van der Waals surface area contributed by atoms with E-state index in [0.29, 0.717) is 6.42 Å². The molecule has 3 heteroatoms. The van der Waals surface area contributed by atoms with Gasteiger partial charge in [0.25, 0.3) is 0 Å². The first kappa shape index (κ1) is 11.5. The van der Waals surface area contributed by atoms with Crippen LogP contribution in [-0.4, -0.2) is 23.3 Å². The minimum Gasteiger partial charge on any atom is -0.392 e. The highest BCUT2D eigenvalue weighted by Crippen LogP contribution is 2.48. The molecule has 0 aromatic carbocycles. The molecule has 1 atom stereocenters. The van der Waals surface area contributed by atoms with Crippen LogP contribution in [0.4, 0.5) is 0 Å². The molecule has 1 fully saturated rings. The van der Waals surface area contributed by atoms with Crippen molar-refractivity contribution < 1.29 is 5.11 Å². The van der Waals surface area contributed by atoms with Crippen LogP contribution in [0.2, 0.25) is 0 Å². The Balaban J connectivity index is 2.37. The van der Waals surface area contributed by atoms with Crippen molar-refractivity contribution in [2.75, 3.05) is 6.54 Å². The molecule has 0 heterocycles. The number of nitrogens with one attached hydrogen (secondary N) is 1. The van der Waals surface area contributed by atoms with Crippen LogP contribution in [0.1, 0.15) is 40.0 Å². The average Bonchev–Trinajstić information content (AvgIpc) is 2.83. The Morgan fingerprint density at radius 1 is 1.57 bits per heavy atom. The third-order valence-corrected chi connectivity index (χ3v) is 3.37. The van der Waals surface area contributed by atoms with Gasteiger partial charge >= 0.3 is 0 Å². The van der Waals surface area contributed by atoms with Crippen molar-refractivity contribution in [3.63, 3.8) is 0 Å². The van der Waals surface area contributed by atoms with Gasteiger partial charge in [-0.25, -0.2) is 0 Å². The molecule has 3 nitrogen and oxygen atoms in total. The lowest BCUT2D eigenvalue weighted by Crippen LogP contribution is -2.50. The molecule has 0 aromatic rings. The minimum atomic E-state index is -0.375. The first-order chi connectivity index (χ1) is 6.42. The number of hydrogen-bond acceptors (Lipinski definition) is 3. The van der Waals surface area contributed by atoms with Crippen LogP contribution in [-0.2, 0) is 0 Å². The second-order valence-corrected chi connectivity index (χ2v) is 5.09. The number of rotatable bonds is 5. The van der Waals surface area contributed by atoms with Crippen molar-refractivity contribution in [2.24, 2.45) is 5.41 Å². The van der Waals surface area contributed by atoms with Crippen molar-refractivity contribution in [3.8, 4) is 6.07 Å². The lowest BCUT2D eigenvalue weighted by atomic mass is 9.96. The highest BCUT2D eigenvalue weighted by atomic mass is 16.3. The van der Waals surface area contributed by atoms with Crippen LogP contribution in [0.5, 0.6) is 0 Å². The summed E-state index contributed by atoms with van der Waals surface area (Å²) in [6.45, 7) is 6.61. The second-order valence-electron chi connectivity index (χ2n) is 5.09. The molecule has 14 heavy (non-hydrogen) atoms. The highest BCUT2D eigenvalue weighted by molar-refractivity contribution is 5.02. The zero-order chi connectivity index (χ0) is 10.8. The van der Waals surface area contributed by atoms with Gasteiger partial charge < -0.3 is 10.4 Å². The third kappa shape index (κ3) is 2.70. The third-order valence-electron chi connectivity index (χ3n) is 3.37. The van der Waals surface area contributed by atoms with E-state index in [4.69, 9.17) is 5.26 Å². The van der Waals surface area contributed by atoms with Gasteiger partial charge in [-0.1, -0.05) is 0 Å². The second kappa shape index (κ2) is 3.88. The van der Waals surface area contributed by atoms with E-state index in [1.165, 1.54) is 0 Å². The SMILES string of the molecule is CC(O)C(C)(C)NCC1(CC#N)CC1. The highest BCUT2D eigenvalue weighted by Gasteiger charge is 2.43. The van der Waals surface area contributed by atoms with E-state index in [0.717, 1.165) is 19.4 Å². The molecular formula is C11H20N2O. The maximum atomic E-state index is 9.50. The maximum absolute atomic E-state index is 9.50. The standard InChI is InChI=1S/C11H20N2O/c1-9(14)10(2,3)13-8-11(4-5-11)6-7-12/h9,13-14H,4-6,8H2,1-3H3. The predicted molar refractivity (Wildman–Crippen MR) is 55.7 cm³/mol. The summed E-state index contributed by atoms with van der Waals surface area (Å²) in [5.41, 5.74) is -0.0496. The van der Waals surface area contributed by atoms with Crippen molar-refractivity contribution >= 4 is 0 Å². The van der Waals surface area contributed by atoms with E-state index < -0.39 is 0 Å². The van der Waals surface area contributed by atoms with E-state index in [1.807, 2.05) is 13.8 Å². The van der Waals surface area contributed by atoms with Crippen LogP contribution in [0.15, 0.2) is 0 Å². The molecule has 0 radical (unpaired) electrons. The van der Waals surface area contributed by atoms with Crippen molar-refractivity contribution in [3.05, 3.63) is 0 Å². The molecule has 1 rings (SSSR count). The summed E-state index contributed by atoms with van der Waals surface area (Å²) in [6, 6.07) is 2.23. The van der Waals surface area contributed by atoms with Gasteiger partial charge in [0.1, 0.15) is 0 Å². The quantitative estimate of drug-likeness (QED) is 0.699. The van der Waals surface area contributed by atoms with Gasteiger partial charge in [0, 0.05) is 18.5 Å². The Morgan fingerprint density at radius 2 is 2.14 bits per heavy atom. The Morgan fingerprint density at radius 3 is 2.50 bits per heavy atom. The lowest BCUT2D eigenvalue weighted by molar-refractivity contribution is 0.0926. The topological polar surface area (TPSA) is 56.0 Å². The van der Waals surface area contributed by atoms with Gasteiger partial charge in [0.2, 0.25) is 0 Å². The van der Waals surface area contributed by atoms with Crippen LogP contribution in [0.3, 0.4) is 0 Å². The Labute approximate surface area is 86.1 Å². The monoisotopic (exact) mass is 196 g/mol. The maximum Gasteiger partial charge on any atom is 0.0688 e. The molecule has 0 amide bonds. The summed E-state index contributed by atoms with van der Waals surface area (Å²) in [5, 5.41) is 21.5. The average molecular weight is 196 g/mol. The normalized spacial score (nSPS) is 21.4. The smallest absolute Gasteiger partial charge is 0.0688 e. The summed E-state index contributed by atoms with van der Waals surface area (Å²) < 4.78 is 0. The van der Waals surface area contributed by atoms with Gasteiger partial charge in [-0.2, -0.15) is 5.26 Å². The van der Waals surface area contributed by atoms with Crippen molar-refractivity contribution in [1.29, 1.82) is 5.26 Å². The number of nitriles is 1. The molecular weight excluding hydrogens is 176 g/mol. The summed E-state index contributed by atoms with van der Waals surface area (Å²) in [5.74, 6) is 0. The van der Waals surface area contributed by atoms with Crippen LogP contribution < -0.4 is 5.32 Å². The van der Waals surface area contributed by atoms with Gasteiger partial charge in [-0.15, -0.1) is 0 Å². The van der Waals surface area contributed by atoms with Crippen molar-refractivity contribution in [1.82, 2.24) is 5.32 Å². The largest absolute Gasteiger partial charge is 0.392 e. The molecule has 0 bridgehead atoms. The molecule has 2 N–H and O–H groups in total.